The number of hydrogen-bond donors (Lipinski definition) is 2. The molecule has 1 aromatic heterocycles. The molecule has 0 atom stereocenters. The Labute approximate surface area is 120 Å². The third-order valence-electron chi connectivity index (χ3n) is 2.43. The van der Waals surface area contributed by atoms with Crippen LogP contribution < -0.4 is 10.5 Å². The van der Waals surface area contributed by atoms with Crippen molar-refractivity contribution in [2.45, 2.75) is 11.4 Å². The van der Waals surface area contributed by atoms with Gasteiger partial charge in [-0.15, -0.1) is 0 Å². The molecule has 7 heteroatoms. The molecule has 0 unspecified atom stereocenters. The Bertz CT molecular complexity index is 675. The Hall–Kier alpha value is -1.44. The van der Waals surface area contributed by atoms with Gasteiger partial charge in [0.2, 0.25) is 0 Å². The lowest BCUT2D eigenvalue weighted by Crippen LogP contribution is -2.14. The molecule has 1 aromatic carbocycles. The number of benzene rings is 1. The molecule has 0 radical (unpaired) electrons. The minimum absolute atomic E-state index is 0.152. The summed E-state index contributed by atoms with van der Waals surface area (Å²) in [5.41, 5.74) is 6.68. The summed E-state index contributed by atoms with van der Waals surface area (Å²) in [6.45, 7) is 0.280. The molecule has 0 aliphatic heterocycles. The Balaban J connectivity index is 2.39. The fourth-order valence-electron chi connectivity index (χ4n) is 1.51. The molecular weight excluding hydrogens is 330 g/mol. The lowest BCUT2D eigenvalue weighted by Gasteiger charge is -2.10. The maximum atomic E-state index is 12.3. The fraction of sp³-hybridized carbons (Fsp3) is 0.0833. The monoisotopic (exact) mass is 341 g/mol. The summed E-state index contributed by atoms with van der Waals surface area (Å²) in [6.07, 6.45) is 3.01. The van der Waals surface area contributed by atoms with E-state index in [2.05, 4.69) is 25.6 Å². The molecule has 0 saturated heterocycles. The highest BCUT2D eigenvalue weighted by molar-refractivity contribution is 9.10. The van der Waals surface area contributed by atoms with Gasteiger partial charge >= 0.3 is 0 Å². The average Bonchev–Trinajstić information content (AvgIpc) is 2.39. The summed E-state index contributed by atoms with van der Waals surface area (Å²) in [4.78, 5) is 4.01. The molecule has 5 nitrogen and oxygen atoms in total. The van der Waals surface area contributed by atoms with Crippen molar-refractivity contribution in [2.75, 3.05) is 4.72 Å². The smallest absolute Gasteiger partial charge is 0.263 e. The predicted molar refractivity (Wildman–Crippen MR) is 77.1 cm³/mol. The van der Waals surface area contributed by atoms with E-state index in [9.17, 15) is 8.42 Å². The van der Waals surface area contributed by atoms with Crippen molar-refractivity contribution in [2.24, 2.45) is 5.73 Å². The number of nitrogens with zero attached hydrogens (tertiary/aromatic N) is 1. The van der Waals surface area contributed by atoms with E-state index in [1.54, 1.807) is 36.5 Å². The highest BCUT2D eigenvalue weighted by atomic mass is 79.9. The molecule has 0 bridgehead atoms. The molecule has 0 aliphatic rings. The van der Waals surface area contributed by atoms with Crippen LogP contribution in [0.2, 0.25) is 0 Å². The summed E-state index contributed by atoms with van der Waals surface area (Å²) in [6, 6.07) is 8.27. The van der Waals surface area contributed by atoms with Crippen LogP contribution in [0.1, 0.15) is 5.56 Å². The molecule has 0 amide bonds. The maximum Gasteiger partial charge on any atom is 0.263 e. The van der Waals surface area contributed by atoms with Gasteiger partial charge in [-0.2, -0.15) is 0 Å². The van der Waals surface area contributed by atoms with E-state index in [0.29, 0.717) is 10.2 Å². The minimum Gasteiger partial charge on any atom is -0.326 e. The lowest BCUT2D eigenvalue weighted by atomic mass is 10.2. The lowest BCUT2D eigenvalue weighted by molar-refractivity contribution is 0.600. The van der Waals surface area contributed by atoms with Crippen LogP contribution in [0.4, 0.5) is 5.69 Å². The molecule has 3 N–H and O–H groups in total. The first-order valence-electron chi connectivity index (χ1n) is 5.44. The second kappa shape index (κ2) is 5.68. The van der Waals surface area contributed by atoms with E-state index in [4.69, 9.17) is 5.73 Å². The van der Waals surface area contributed by atoms with Crippen molar-refractivity contribution in [3.05, 3.63) is 52.8 Å². The number of pyridine rings is 1. The van der Waals surface area contributed by atoms with E-state index < -0.39 is 10.0 Å². The largest absolute Gasteiger partial charge is 0.326 e. The standard InChI is InChI=1S/C12H12BrN3O2S/c13-11-4-3-9(7-14)6-12(11)19(17,18)16-10-2-1-5-15-8-10/h1-6,8,16H,7,14H2. The third-order valence-corrected chi connectivity index (χ3v) is 4.81. The molecule has 2 rings (SSSR count). The molecule has 2 aromatic rings. The molecule has 1 heterocycles. The van der Waals surface area contributed by atoms with Gasteiger partial charge in [0.1, 0.15) is 4.90 Å². The molecule has 0 saturated carbocycles. The number of hydrogen-bond acceptors (Lipinski definition) is 4. The number of rotatable bonds is 4. The first-order chi connectivity index (χ1) is 9.03. The zero-order valence-electron chi connectivity index (χ0n) is 9.88. The van der Waals surface area contributed by atoms with Gasteiger partial charge in [-0.1, -0.05) is 6.07 Å². The second-order valence-electron chi connectivity index (χ2n) is 3.82. The summed E-state index contributed by atoms with van der Waals surface area (Å²) in [7, 11) is -3.67. The van der Waals surface area contributed by atoms with E-state index in [1.165, 1.54) is 6.20 Å². The van der Waals surface area contributed by atoms with Crippen molar-refractivity contribution >= 4 is 31.6 Å². The zero-order chi connectivity index (χ0) is 13.9. The average molecular weight is 342 g/mol. The molecule has 100 valence electrons. The molecular formula is C12H12BrN3O2S. The number of sulfonamides is 1. The summed E-state index contributed by atoms with van der Waals surface area (Å²) in [5, 5.41) is 0. The minimum atomic E-state index is -3.67. The summed E-state index contributed by atoms with van der Waals surface area (Å²) >= 11 is 3.23. The molecule has 0 spiro atoms. The zero-order valence-corrected chi connectivity index (χ0v) is 12.3. The van der Waals surface area contributed by atoms with Crippen LogP contribution in [0, 0.1) is 0 Å². The third kappa shape index (κ3) is 3.31. The predicted octanol–water partition coefficient (Wildman–Crippen LogP) is 2.10. The van der Waals surface area contributed by atoms with E-state index >= 15 is 0 Å². The van der Waals surface area contributed by atoms with E-state index in [0.717, 1.165) is 5.56 Å². The summed E-state index contributed by atoms with van der Waals surface area (Å²) < 4.78 is 27.5. The first kappa shape index (κ1) is 14.0. The first-order valence-corrected chi connectivity index (χ1v) is 7.72. The van der Waals surface area contributed by atoms with Crippen LogP contribution in [0.3, 0.4) is 0 Å². The van der Waals surface area contributed by atoms with Gasteiger partial charge in [-0.05, 0) is 45.8 Å². The SMILES string of the molecule is NCc1ccc(Br)c(S(=O)(=O)Nc2cccnc2)c1. The normalized spacial score (nSPS) is 11.3. The number of nitrogens with two attached hydrogens (primary N) is 1. The van der Waals surface area contributed by atoms with Crippen molar-refractivity contribution < 1.29 is 8.42 Å². The Morgan fingerprint density at radius 2 is 2.11 bits per heavy atom. The van der Waals surface area contributed by atoms with Crippen molar-refractivity contribution in [1.29, 1.82) is 0 Å². The maximum absolute atomic E-state index is 12.3. The van der Waals surface area contributed by atoms with Crippen molar-refractivity contribution in [3.63, 3.8) is 0 Å². The Morgan fingerprint density at radius 3 is 2.74 bits per heavy atom. The van der Waals surface area contributed by atoms with Gasteiger partial charge in [0, 0.05) is 17.2 Å². The molecule has 0 fully saturated rings. The highest BCUT2D eigenvalue weighted by Gasteiger charge is 2.18. The van der Waals surface area contributed by atoms with E-state index in [-0.39, 0.29) is 11.4 Å². The number of anilines is 1. The van der Waals surface area contributed by atoms with Gasteiger partial charge < -0.3 is 5.73 Å². The highest BCUT2D eigenvalue weighted by Crippen LogP contribution is 2.25. The number of nitrogens with one attached hydrogen (secondary N) is 1. The van der Waals surface area contributed by atoms with Crippen LogP contribution in [-0.4, -0.2) is 13.4 Å². The van der Waals surface area contributed by atoms with Crippen LogP contribution in [0.5, 0.6) is 0 Å². The van der Waals surface area contributed by atoms with Crippen LogP contribution in [0.15, 0.2) is 52.1 Å². The van der Waals surface area contributed by atoms with Gasteiger partial charge in [0.15, 0.2) is 0 Å². The Kier molecular flexibility index (Phi) is 4.18. The molecule has 0 aliphatic carbocycles. The Morgan fingerprint density at radius 1 is 1.32 bits per heavy atom. The quantitative estimate of drug-likeness (QED) is 0.891. The van der Waals surface area contributed by atoms with Gasteiger partial charge in [0.05, 0.1) is 11.9 Å². The van der Waals surface area contributed by atoms with Gasteiger partial charge in [0.25, 0.3) is 10.0 Å². The van der Waals surface area contributed by atoms with Gasteiger partial charge in [-0.25, -0.2) is 8.42 Å². The van der Waals surface area contributed by atoms with Crippen LogP contribution in [-0.2, 0) is 16.6 Å². The number of halogens is 1. The van der Waals surface area contributed by atoms with Crippen LogP contribution in [0.25, 0.3) is 0 Å². The second-order valence-corrected chi connectivity index (χ2v) is 6.32. The van der Waals surface area contributed by atoms with Crippen molar-refractivity contribution in [3.8, 4) is 0 Å². The number of aromatic nitrogens is 1. The van der Waals surface area contributed by atoms with Crippen molar-refractivity contribution in [1.82, 2.24) is 4.98 Å². The topological polar surface area (TPSA) is 85.1 Å². The summed E-state index contributed by atoms with van der Waals surface area (Å²) in [5.74, 6) is 0. The van der Waals surface area contributed by atoms with Crippen LogP contribution >= 0.6 is 15.9 Å². The fourth-order valence-corrected chi connectivity index (χ4v) is 3.57. The van der Waals surface area contributed by atoms with Gasteiger partial charge in [-0.3, -0.25) is 9.71 Å². The molecule has 19 heavy (non-hydrogen) atoms. The van der Waals surface area contributed by atoms with E-state index in [1.807, 2.05) is 0 Å².